The summed E-state index contributed by atoms with van der Waals surface area (Å²) in [6.45, 7) is 0. The van der Waals surface area contributed by atoms with Gasteiger partial charge in [0.25, 0.3) is 0 Å². The standard InChI is InChI=1S/C17H19Cl2N3OS/c18-14-6-3-7-15(19)13(14)10-24-11-17(23)21-16-8-9-20-22(16)12-4-1-2-5-12/h3,6-9,12H,1-2,4-5,10-11H2,(H,21,23). The Morgan fingerprint density at radius 2 is 1.96 bits per heavy atom. The van der Waals surface area contributed by atoms with E-state index < -0.39 is 0 Å². The van der Waals surface area contributed by atoms with Crippen molar-refractivity contribution in [1.82, 2.24) is 9.78 Å². The van der Waals surface area contributed by atoms with Gasteiger partial charge in [-0.1, -0.05) is 42.1 Å². The van der Waals surface area contributed by atoms with Gasteiger partial charge in [-0.25, -0.2) is 4.68 Å². The minimum Gasteiger partial charge on any atom is -0.310 e. The molecule has 0 spiro atoms. The van der Waals surface area contributed by atoms with E-state index in [1.807, 2.05) is 28.9 Å². The quantitative estimate of drug-likeness (QED) is 0.747. The molecule has 0 unspecified atom stereocenters. The molecule has 0 radical (unpaired) electrons. The summed E-state index contributed by atoms with van der Waals surface area (Å²) in [5.41, 5.74) is 0.870. The van der Waals surface area contributed by atoms with Gasteiger partial charge in [-0.3, -0.25) is 4.79 Å². The summed E-state index contributed by atoms with van der Waals surface area (Å²) < 4.78 is 1.94. The Labute approximate surface area is 155 Å². The van der Waals surface area contributed by atoms with Crippen molar-refractivity contribution < 1.29 is 4.79 Å². The first-order valence-electron chi connectivity index (χ1n) is 7.99. The summed E-state index contributed by atoms with van der Waals surface area (Å²) in [4.78, 5) is 12.2. The number of amides is 1. The predicted octanol–water partition coefficient (Wildman–Crippen LogP) is 5.18. The minimum absolute atomic E-state index is 0.0390. The van der Waals surface area contributed by atoms with Gasteiger partial charge in [0.1, 0.15) is 5.82 Å². The molecule has 2 aromatic rings. The molecule has 1 fully saturated rings. The third-order valence-corrected chi connectivity index (χ3v) is 5.82. The van der Waals surface area contributed by atoms with Crippen LogP contribution >= 0.6 is 35.0 Å². The second-order valence-electron chi connectivity index (χ2n) is 5.84. The number of aromatic nitrogens is 2. The molecule has 1 aromatic heterocycles. The van der Waals surface area contributed by atoms with Crippen LogP contribution in [0.2, 0.25) is 10.0 Å². The number of carbonyl (C=O) groups is 1. The van der Waals surface area contributed by atoms with Gasteiger partial charge in [-0.15, -0.1) is 11.8 Å². The molecule has 0 bridgehead atoms. The van der Waals surface area contributed by atoms with Crippen LogP contribution < -0.4 is 5.32 Å². The molecule has 1 aromatic carbocycles. The first-order valence-corrected chi connectivity index (χ1v) is 9.90. The molecule has 1 N–H and O–H groups in total. The molecule has 7 heteroatoms. The average Bonchev–Trinajstić information content (AvgIpc) is 3.21. The maximum absolute atomic E-state index is 12.2. The lowest BCUT2D eigenvalue weighted by Gasteiger charge is -2.14. The Kier molecular flexibility index (Phi) is 6.09. The van der Waals surface area contributed by atoms with Crippen LogP contribution in [0.1, 0.15) is 37.3 Å². The highest BCUT2D eigenvalue weighted by Crippen LogP contribution is 2.31. The molecule has 24 heavy (non-hydrogen) atoms. The number of anilines is 1. The number of carbonyl (C=O) groups excluding carboxylic acids is 1. The van der Waals surface area contributed by atoms with E-state index in [-0.39, 0.29) is 5.91 Å². The summed E-state index contributed by atoms with van der Waals surface area (Å²) in [5, 5.41) is 8.59. The Hall–Kier alpha value is -1.17. The van der Waals surface area contributed by atoms with Crippen LogP contribution in [-0.2, 0) is 10.5 Å². The zero-order chi connectivity index (χ0) is 16.9. The van der Waals surface area contributed by atoms with Crippen molar-refractivity contribution >= 4 is 46.7 Å². The van der Waals surface area contributed by atoms with E-state index in [9.17, 15) is 4.79 Å². The van der Waals surface area contributed by atoms with Gasteiger partial charge < -0.3 is 5.32 Å². The van der Waals surface area contributed by atoms with Crippen LogP contribution in [0.15, 0.2) is 30.5 Å². The Bertz CT molecular complexity index is 693. The van der Waals surface area contributed by atoms with Gasteiger partial charge in [-0.05, 0) is 30.5 Å². The van der Waals surface area contributed by atoms with Gasteiger partial charge >= 0.3 is 0 Å². The maximum Gasteiger partial charge on any atom is 0.235 e. The zero-order valence-electron chi connectivity index (χ0n) is 13.2. The van der Waals surface area contributed by atoms with E-state index >= 15 is 0 Å². The van der Waals surface area contributed by atoms with E-state index in [1.54, 1.807) is 6.20 Å². The van der Waals surface area contributed by atoms with Crippen LogP contribution in [0.25, 0.3) is 0 Å². The molecular weight excluding hydrogens is 365 g/mol. The Morgan fingerprint density at radius 3 is 2.67 bits per heavy atom. The molecule has 128 valence electrons. The maximum atomic E-state index is 12.2. The summed E-state index contributed by atoms with van der Waals surface area (Å²) in [6.07, 6.45) is 6.46. The number of halogens is 2. The van der Waals surface area contributed by atoms with Crippen molar-refractivity contribution in [3.63, 3.8) is 0 Å². The average molecular weight is 384 g/mol. The van der Waals surface area contributed by atoms with Crippen LogP contribution in [0, 0.1) is 0 Å². The summed E-state index contributed by atoms with van der Waals surface area (Å²) in [6, 6.07) is 7.69. The molecule has 1 aliphatic carbocycles. The predicted molar refractivity (Wildman–Crippen MR) is 101 cm³/mol. The van der Waals surface area contributed by atoms with Crippen LogP contribution in [0.3, 0.4) is 0 Å². The first kappa shape index (κ1) is 17.6. The van der Waals surface area contributed by atoms with Crippen molar-refractivity contribution in [2.24, 2.45) is 0 Å². The van der Waals surface area contributed by atoms with Gasteiger partial charge in [0, 0.05) is 21.9 Å². The fourth-order valence-corrected chi connectivity index (χ4v) is 4.51. The first-order chi connectivity index (χ1) is 11.6. The highest BCUT2D eigenvalue weighted by atomic mass is 35.5. The van der Waals surface area contributed by atoms with Crippen LogP contribution in [0.4, 0.5) is 5.82 Å². The second kappa shape index (κ2) is 8.28. The van der Waals surface area contributed by atoms with Gasteiger partial charge in [0.05, 0.1) is 18.0 Å². The van der Waals surface area contributed by atoms with Crippen molar-refractivity contribution in [1.29, 1.82) is 0 Å². The molecular formula is C17H19Cl2N3OS. The van der Waals surface area contributed by atoms with E-state index in [2.05, 4.69) is 10.4 Å². The van der Waals surface area contributed by atoms with Crippen molar-refractivity contribution in [3.8, 4) is 0 Å². The Morgan fingerprint density at radius 1 is 1.25 bits per heavy atom. The Balaban J connectivity index is 1.52. The molecule has 1 amide bonds. The zero-order valence-corrected chi connectivity index (χ0v) is 15.5. The molecule has 4 nitrogen and oxygen atoms in total. The highest BCUT2D eigenvalue weighted by molar-refractivity contribution is 7.99. The fraction of sp³-hybridized carbons (Fsp3) is 0.412. The van der Waals surface area contributed by atoms with Gasteiger partial charge in [-0.2, -0.15) is 5.10 Å². The minimum atomic E-state index is -0.0390. The van der Waals surface area contributed by atoms with Gasteiger partial charge in [0.2, 0.25) is 5.91 Å². The number of nitrogens with one attached hydrogen (secondary N) is 1. The number of hydrogen-bond donors (Lipinski definition) is 1. The smallest absolute Gasteiger partial charge is 0.235 e. The lowest BCUT2D eigenvalue weighted by atomic mass is 10.2. The van der Waals surface area contributed by atoms with Crippen LogP contribution in [0.5, 0.6) is 0 Å². The van der Waals surface area contributed by atoms with Crippen molar-refractivity contribution in [3.05, 3.63) is 46.1 Å². The summed E-state index contributed by atoms with van der Waals surface area (Å²) in [5.74, 6) is 1.69. The monoisotopic (exact) mass is 383 g/mol. The highest BCUT2D eigenvalue weighted by Gasteiger charge is 2.20. The molecule has 3 rings (SSSR count). The third-order valence-electron chi connectivity index (χ3n) is 4.15. The number of hydrogen-bond acceptors (Lipinski definition) is 3. The van der Waals surface area contributed by atoms with E-state index in [4.69, 9.17) is 23.2 Å². The molecule has 0 atom stereocenters. The molecule has 0 aliphatic heterocycles. The summed E-state index contributed by atoms with van der Waals surface area (Å²) >= 11 is 13.8. The lowest BCUT2D eigenvalue weighted by molar-refractivity contribution is -0.113. The van der Waals surface area contributed by atoms with Gasteiger partial charge in [0.15, 0.2) is 0 Å². The van der Waals surface area contributed by atoms with E-state index in [1.165, 1.54) is 24.6 Å². The van der Waals surface area contributed by atoms with Crippen molar-refractivity contribution in [2.45, 2.75) is 37.5 Å². The van der Waals surface area contributed by atoms with E-state index in [0.29, 0.717) is 27.6 Å². The molecule has 1 aliphatic rings. The fourth-order valence-electron chi connectivity index (χ4n) is 2.95. The van der Waals surface area contributed by atoms with Crippen LogP contribution in [-0.4, -0.2) is 21.4 Å². The SMILES string of the molecule is O=C(CSCc1c(Cl)cccc1Cl)Nc1ccnn1C1CCCC1. The lowest BCUT2D eigenvalue weighted by Crippen LogP contribution is -2.19. The number of benzene rings is 1. The van der Waals surface area contributed by atoms with Crippen molar-refractivity contribution in [2.75, 3.05) is 11.1 Å². The topological polar surface area (TPSA) is 46.9 Å². The molecule has 1 saturated carbocycles. The number of nitrogens with zero attached hydrogens (tertiary/aromatic N) is 2. The summed E-state index contributed by atoms with van der Waals surface area (Å²) in [7, 11) is 0. The largest absolute Gasteiger partial charge is 0.310 e. The molecule has 1 heterocycles. The number of thioether (sulfide) groups is 1. The third kappa shape index (κ3) is 4.26. The molecule has 0 saturated heterocycles. The number of rotatable bonds is 6. The normalized spacial score (nSPS) is 14.9. The second-order valence-corrected chi connectivity index (χ2v) is 7.64. The van der Waals surface area contributed by atoms with E-state index in [0.717, 1.165) is 24.2 Å².